The molecule has 102 valence electrons. The van der Waals surface area contributed by atoms with Gasteiger partial charge in [0.15, 0.2) is 5.69 Å². The Morgan fingerprint density at radius 3 is 2.79 bits per heavy atom. The Morgan fingerprint density at radius 1 is 1.58 bits per heavy atom. The molecular formula is C13H17N3O3. The minimum Gasteiger partial charge on any atom is -0.360 e. The summed E-state index contributed by atoms with van der Waals surface area (Å²) in [5, 5.41) is 6.54. The number of likely N-dealkylation sites (tertiary alicyclic amines) is 1. The van der Waals surface area contributed by atoms with Gasteiger partial charge in [0, 0.05) is 25.1 Å². The zero-order valence-corrected chi connectivity index (χ0v) is 11.0. The molecule has 1 saturated heterocycles. The zero-order valence-electron chi connectivity index (χ0n) is 11.0. The molecule has 0 atom stereocenters. The average Bonchev–Trinajstić information content (AvgIpc) is 2.81. The second-order valence-corrected chi connectivity index (χ2v) is 4.89. The third-order valence-corrected chi connectivity index (χ3v) is 3.03. The summed E-state index contributed by atoms with van der Waals surface area (Å²) >= 11 is 0. The Balaban J connectivity index is 1.85. The van der Waals surface area contributed by atoms with Crippen molar-refractivity contribution >= 4 is 11.8 Å². The lowest BCUT2D eigenvalue weighted by Gasteiger charge is -2.38. The molecule has 6 heteroatoms. The number of aromatic nitrogens is 1. The van der Waals surface area contributed by atoms with Gasteiger partial charge in [-0.3, -0.25) is 9.59 Å². The van der Waals surface area contributed by atoms with Crippen molar-refractivity contribution in [3.63, 3.8) is 0 Å². The van der Waals surface area contributed by atoms with Gasteiger partial charge in [-0.15, -0.1) is 0 Å². The summed E-state index contributed by atoms with van der Waals surface area (Å²) in [6, 6.07) is 1.61. The topological polar surface area (TPSA) is 75.4 Å². The van der Waals surface area contributed by atoms with Gasteiger partial charge in [-0.25, -0.2) is 0 Å². The van der Waals surface area contributed by atoms with Gasteiger partial charge in [0.25, 0.3) is 5.91 Å². The first kappa shape index (κ1) is 13.3. The molecule has 2 rings (SSSR count). The molecule has 1 fully saturated rings. The third kappa shape index (κ3) is 2.83. The number of hydrogen-bond acceptors (Lipinski definition) is 4. The Kier molecular flexibility index (Phi) is 3.69. The van der Waals surface area contributed by atoms with E-state index in [1.165, 1.54) is 6.08 Å². The van der Waals surface area contributed by atoms with Crippen LogP contribution in [0.1, 0.15) is 36.0 Å². The van der Waals surface area contributed by atoms with Gasteiger partial charge in [0.05, 0.1) is 6.04 Å². The molecule has 1 N–H and O–H groups in total. The normalized spacial score (nSPS) is 15.2. The molecule has 0 radical (unpaired) electrons. The first-order chi connectivity index (χ1) is 9.01. The van der Waals surface area contributed by atoms with Crippen LogP contribution in [0, 0.1) is 0 Å². The van der Waals surface area contributed by atoms with E-state index in [1.54, 1.807) is 11.0 Å². The van der Waals surface area contributed by atoms with Crippen LogP contribution in [0.4, 0.5) is 0 Å². The van der Waals surface area contributed by atoms with E-state index in [4.69, 9.17) is 4.52 Å². The van der Waals surface area contributed by atoms with Crippen molar-refractivity contribution in [2.45, 2.75) is 25.8 Å². The fourth-order valence-corrected chi connectivity index (χ4v) is 1.81. The average molecular weight is 263 g/mol. The summed E-state index contributed by atoms with van der Waals surface area (Å²) in [5.74, 6) is 0.487. The first-order valence-electron chi connectivity index (χ1n) is 6.20. The smallest absolute Gasteiger partial charge is 0.273 e. The molecule has 19 heavy (non-hydrogen) atoms. The lowest BCUT2D eigenvalue weighted by atomic mass is 10.1. The number of carbonyl (C=O) groups is 2. The maximum atomic E-state index is 11.9. The molecule has 0 spiro atoms. The highest BCUT2D eigenvalue weighted by Gasteiger charge is 2.31. The number of rotatable bonds is 4. The van der Waals surface area contributed by atoms with Crippen LogP contribution >= 0.6 is 0 Å². The highest BCUT2D eigenvalue weighted by molar-refractivity contribution is 5.93. The molecular weight excluding hydrogens is 246 g/mol. The highest BCUT2D eigenvalue weighted by atomic mass is 16.5. The Labute approximate surface area is 111 Å². The van der Waals surface area contributed by atoms with Crippen LogP contribution in [0.2, 0.25) is 0 Å². The van der Waals surface area contributed by atoms with E-state index < -0.39 is 0 Å². The van der Waals surface area contributed by atoms with Crippen LogP contribution in [0.5, 0.6) is 0 Å². The Bertz CT molecular complexity index is 501. The second kappa shape index (κ2) is 5.26. The van der Waals surface area contributed by atoms with E-state index in [2.05, 4.69) is 17.1 Å². The molecule has 0 unspecified atom stereocenters. The summed E-state index contributed by atoms with van der Waals surface area (Å²) in [6.45, 7) is 8.36. The summed E-state index contributed by atoms with van der Waals surface area (Å²) in [4.78, 5) is 24.7. The lowest BCUT2D eigenvalue weighted by molar-refractivity contribution is -0.130. The van der Waals surface area contributed by atoms with Crippen LogP contribution in [0.25, 0.3) is 0 Å². The fraction of sp³-hybridized carbons (Fsp3) is 0.462. The standard InChI is InChI=1S/C13H17N3O3/c1-4-12(17)16-6-9(7-16)14-13(18)10-5-11(8(2)3)19-15-10/h4-5,8-9H,1,6-7H2,2-3H3,(H,14,18). The van der Waals surface area contributed by atoms with Gasteiger partial charge < -0.3 is 14.7 Å². The molecule has 0 aliphatic carbocycles. The molecule has 1 aliphatic heterocycles. The Morgan fingerprint density at radius 2 is 2.26 bits per heavy atom. The first-order valence-corrected chi connectivity index (χ1v) is 6.20. The number of carbonyl (C=O) groups excluding carboxylic acids is 2. The number of amides is 2. The number of hydrogen-bond donors (Lipinski definition) is 1. The Hall–Kier alpha value is -2.11. The SMILES string of the molecule is C=CC(=O)N1CC(NC(=O)c2cc(C(C)C)on2)C1. The summed E-state index contributed by atoms with van der Waals surface area (Å²) in [7, 11) is 0. The molecule has 6 nitrogen and oxygen atoms in total. The minimum absolute atomic E-state index is 0.0319. The fourth-order valence-electron chi connectivity index (χ4n) is 1.81. The molecule has 1 aromatic heterocycles. The third-order valence-electron chi connectivity index (χ3n) is 3.03. The molecule has 2 heterocycles. The summed E-state index contributed by atoms with van der Waals surface area (Å²) in [5.41, 5.74) is 0.275. The van der Waals surface area contributed by atoms with Crippen LogP contribution in [0.15, 0.2) is 23.2 Å². The van der Waals surface area contributed by atoms with Crippen molar-refractivity contribution in [3.8, 4) is 0 Å². The van der Waals surface area contributed by atoms with E-state index >= 15 is 0 Å². The monoisotopic (exact) mass is 263 g/mol. The maximum absolute atomic E-state index is 11.9. The van der Waals surface area contributed by atoms with Gasteiger partial charge in [0.2, 0.25) is 5.91 Å². The molecule has 0 saturated carbocycles. The summed E-state index contributed by atoms with van der Waals surface area (Å²) in [6.07, 6.45) is 1.27. The van der Waals surface area contributed by atoms with E-state index in [1.807, 2.05) is 13.8 Å². The maximum Gasteiger partial charge on any atom is 0.273 e. The summed E-state index contributed by atoms with van der Waals surface area (Å²) < 4.78 is 5.07. The number of nitrogens with zero attached hydrogens (tertiary/aromatic N) is 2. The molecule has 0 bridgehead atoms. The largest absolute Gasteiger partial charge is 0.360 e. The predicted molar refractivity (Wildman–Crippen MR) is 68.6 cm³/mol. The van der Waals surface area contributed by atoms with Crippen molar-refractivity contribution < 1.29 is 14.1 Å². The second-order valence-electron chi connectivity index (χ2n) is 4.89. The number of nitrogens with one attached hydrogen (secondary N) is 1. The lowest BCUT2D eigenvalue weighted by Crippen LogP contribution is -2.60. The van der Waals surface area contributed by atoms with Crippen molar-refractivity contribution in [1.29, 1.82) is 0 Å². The van der Waals surface area contributed by atoms with Gasteiger partial charge in [0.1, 0.15) is 5.76 Å². The van der Waals surface area contributed by atoms with E-state index in [-0.39, 0.29) is 29.5 Å². The van der Waals surface area contributed by atoms with E-state index in [0.717, 1.165) is 0 Å². The molecule has 2 amide bonds. The molecule has 0 aromatic carbocycles. The molecule has 1 aliphatic rings. The van der Waals surface area contributed by atoms with Crippen LogP contribution in [-0.4, -0.2) is 41.0 Å². The van der Waals surface area contributed by atoms with Gasteiger partial charge in [-0.1, -0.05) is 25.6 Å². The molecule has 1 aromatic rings. The van der Waals surface area contributed by atoms with Crippen molar-refractivity contribution in [2.24, 2.45) is 0 Å². The van der Waals surface area contributed by atoms with Gasteiger partial charge in [-0.2, -0.15) is 0 Å². The van der Waals surface area contributed by atoms with E-state index in [9.17, 15) is 9.59 Å². The van der Waals surface area contributed by atoms with Crippen molar-refractivity contribution in [1.82, 2.24) is 15.4 Å². The van der Waals surface area contributed by atoms with E-state index in [0.29, 0.717) is 18.8 Å². The van der Waals surface area contributed by atoms with Crippen LogP contribution in [0.3, 0.4) is 0 Å². The zero-order chi connectivity index (χ0) is 14.0. The highest BCUT2D eigenvalue weighted by Crippen LogP contribution is 2.15. The van der Waals surface area contributed by atoms with Gasteiger partial charge in [-0.05, 0) is 6.08 Å². The quantitative estimate of drug-likeness (QED) is 0.820. The minimum atomic E-state index is -0.272. The van der Waals surface area contributed by atoms with Crippen LogP contribution < -0.4 is 5.32 Å². The van der Waals surface area contributed by atoms with Gasteiger partial charge >= 0.3 is 0 Å². The van der Waals surface area contributed by atoms with Crippen LogP contribution in [-0.2, 0) is 4.79 Å². The van der Waals surface area contributed by atoms with Crippen molar-refractivity contribution in [2.75, 3.05) is 13.1 Å². The predicted octanol–water partition coefficient (Wildman–Crippen LogP) is 0.925. The van der Waals surface area contributed by atoms with Crippen molar-refractivity contribution in [3.05, 3.63) is 30.2 Å².